The van der Waals surface area contributed by atoms with Crippen molar-refractivity contribution in [3.05, 3.63) is 15.9 Å². The van der Waals surface area contributed by atoms with Crippen LogP contribution in [0.2, 0.25) is 0 Å². The number of ketones is 1. The summed E-state index contributed by atoms with van der Waals surface area (Å²) in [6.45, 7) is 6.45. The van der Waals surface area contributed by atoms with Crippen LogP contribution in [0.3, 0.4) is 0 Å². The van der Waals surface area contributed by atoms with E-state index >= 15 is 0 Å². The first-order chi connectivity index (χ1) is 7.51. The van der Waals surface area contributed by atoms with E-state index in [0.717, 1.165) is 22.4 Å². The molecule has 0 saturated heterocycles. The number of carbonyl (C=O) groups is 1. The molecule has 0 radical (unpaired) electrons. The van der Waals surface area contributed by atoms with Gasteiger partial charge in [0, 0.05) is 13.7 Å². The number of hydrogen-bond donors (Lipinski definition) is 0. The van der Waals surface area contributed by atoms with Crippen molar-refractivity contribution in [2.45, 2.75) is 39.8 Å². The first kappa shape index (κ1) is 13.4. The molecule has 0 aromatic carbocycles. The fraction of sp³-hybridized carbons (Fsp3) is 0.636. The smallest absolute Gasteiger partial charge is 0.167 e. The number of methoxy groups -OCH3 is 1. The third-order valence-corrected chi connectivity index (χ3v) is 3.63. The largest absolute Gasteiger partial charge is 0.374 e. The zero-order valence-electron chi connectivity index (χ0n) is 10.1. The monoisotopic (exact) mass is 288 g/mol. The Morgan fingerprint density at radius 2 is 2.25 bits per heavy atom. The Bertz CT molecular complexity index is 388. The maximum Gasteiger partial charge on any atom is 0.167 e. The van der Waals surface area contributed by atoms with E-state index in [4.69, 9.17) is 4.74 Å². The van der Waals surface area contributed by atoms with Crippen molar-refractivity contribution >= 4 is 21.7 Å². The molecule has 1 aromatic rings. The van der Waals surface area contributed by atoms with E-state index in [-0.39, 0.29) is 11.9 Å². The average molecular weight is 289 g/mol. The second-order valence-corrected chi connectivity index (χ2v) is 4.48. The lowest BCUT2D eigenvalue weighted by Gasteiger charge is -2.09. The Balaban J connectivity index is 2.92. The molecule has 1 unspecified atom stereocenters. The number of carbonyl (C=O) groups excluding carboxylic acids is 1. The van der Waals surface area contributed by atoms with Crippen molar-refractivity contribution < 1.29 is 9.53 Å². The molecule has 90 valence electrons. The minimum Gasteiger partial charge on any atom is -0.374 e. The molecule has 5 heteroatoms. The summed E-state index contributed by atoms with van der Waals surface area (Å²) < 4.78 is 7.78. The van der Waals surface area contributed by atoms with Gasteiger partial charge in [0.05, 0.1) is 22.3 Å². The van der Waals surface area contributed by atoms with Crippen LogP contribution >= 0.6 is 15.9 Å². The summed E-state index contributed by atoms with van der Waals surface area (Å²) in [7, 11) is 1.54. The number of hydrogen-bond acceptors (Lipinski definition) is 3. The molecule has 0 bridgehead atoms. The van der Waals surface area contributed by atoms with Gasteiger partial charge in [0.25, 0.3) is 0 Å². The van der Waals surface area contributed by atoms with Crippen LogP contribution in [0, 0.1) is 6.92 Å². The fourth-order valence-corrected chi connectivity index (χ4v) is 1.90. The van der Waals surface area contributed by atoms with Gasteiger partial charge in [0.2, 0.25) is 0 Å². The molecule has 4 nitrogen and oxygen atoms in total. The number of aromatic nitrogens is 2. The molecular weight excluding hydrogens is 272 g/mol. The Hall–Kier alpha value is -0.680. The van der Waals surface area contributed by atoms with Crippen LogP contribution in [-0.2, 0) is 22.5 Å². The third kappa shape index (κ3) is 2.71. The zero-order valence-corrected chi connectivity index (χ0v) is 11.7. The van der Waals surface area contributed by atoms with Gasteiger partial charge in [-0.05, 0) is 36.7 Å². The minimum absolute atomic E-state index is 0.0674. The molecule has 1 aromatic heterocycles. The molecule has 0 fully saturated rings. The topological polar surface area (TPSA) is 44.1 Å². The molecular formula is C11H17BrN2O2. The number of aryl methyl sites for hydroxylation is 2. The number of halogens is 1. The van der Waals surface area contributed by atoms with E-state index in [1.165, 1.54) is 0 Å². The Morgan fingerprint density at radius 1 is 1.62 bits per heavy atom. The fourth-order valence-electron chi connectivity index (χ4n) is 1.48. The highest BCUT2D eigenvalue weighted by molar-refractivity contribution is 9.10. The van der Waals surface area contributed by atoms with Crippen LogP contribution < -0.4 is 0 Å². The number of rotatable bonds is 5. The van der Waals surface area contributed by atoms with Crippen molar-refractivity contribution in [1.82, 2.24) is 9.78 Å². The van der Waals surface area contributed by atoms with E-state index in [1.807, 2.05) is 18.5 Å². The van der Waals surface area contributed by atoms with E-state index in [2.05, 4.69) is 21.0 Å². The molecule has 16 heavy (non-hydrogen) atoms. The SMILES string of the molecule is CCn1nc(C)c(Br)c1CC(=O)C(C)OC. The molecule has 0 aliphatic heterocycles. The van der Waals surface area contributed by atoms with Crippen molar-refractivity contribution in [1.29, 1.82) is 0 Å². The molecule has 0 aliphatic rings. The minimum atomic E-state index is -0.368. The highest BCUT2D eigenvalue weighted by Gasteiger charge is 2.19. The third-order valence-electron chi connectivity index (χ3n) is 2.60. The van der Waals surface area contributed by atoms with Crippen LogP contribution in [0.1, 0.15) is 25.2 Å². The normalized spacial score (nSPS) is 12.8. The molecule has 0 saturated carbocycles. The quantitative estimate of drug-likeness (QED) is 0.834. The van der Waals surface area contributed by atoms with Crippen LogP contribution in [0.4, 0.5) is 0 Å². The Labute approximate surface area is 104 Å². The first-order valence-corrected chi connectivity index (χ1v) is 6.07. The maximum atomic E-state index is 11.8. The van der Waals surface area contributed by atoms with Gasteiger partial charge in [0.1, 0.15) is 6.10 Å². The van der Waals surface area contributed by atoms with Gasteiger partial charge < -0.3 is 4.74 Å². The van der Waals surface area contributed by atoms with Gasteiger partial charge in [-0.1, -0.05) is 0 Å². The van der Waals surface area contributed by atoms with Crippen LogP contribution in [-0.4, -0.2) is 28.8 Å². The van der Waals surface area contributed by atoms with E-state index < -0.39 is 0 Å². The lowest BCUT2D eigenvalue weighted by molar-refractivity contribution is -0.127. The second kappa shape index (κ2) is 5.59. The molecule has 0 N–H and O–H groups in total. The lowest BCUT2D eigenvalue weighted by Crippen LogP contribution is -2.22. The molecule has 1 rings (SSSR count). The summed E-state index contributed by atoms with van der Waals surface area (Å²) >= 11 is 3.47. The van der Waals surface area contributed by atoms with Crippen LogP contribution in [0.25, 0.3) is 0 Å². The number of ether oxygens (including phenoxy) is 1. The molecule has 1 atom stereocenters. The number of Topliss-reactive ketones (excluding diaryl/α,β-unsaturated/α-hetero) is 1. The summed E-state index contributed by atoms with van der Waals surface area (Å²) in [5, 5.41) is 4.34. The molecule has 0 spiro atoms. The summed E-state index contributed by atoms with van der Waals surface area (Å²) in [5.74, 6) is 0.0674. The van der Waals surface area contributed by atoms with E-state index in [0.29, 0.717) is 6.42 Å². The van der Waals surface area contributed by atoms with Gasteiger partial charge in [-0.25, -0.2) is 0 Å². The predicted molar refractivity (Wildman–Crippen MR) is 65.5 cm³/mol. The molecule has 1 heterocycles. The van der Waals surface area contributed by atoms with Crippen molar-refractivity contribution in [2.75, 3.05) is 7.11 Å². The van der Waals surface area contributed by atoms with Gasteiger partial charge in [-0.2, -0.15) is 5.10 Å². The standard InChI is InChI=1S/C11H17BrN2O2/c1-5-14-9(11(12)7(2)13-14)6-10(15)8(3)16-4/h8H,5-6H2,1-4H3. The van der Waals surface area contributed by atoms with E-state index in [9.17, 15) is 4.79 Å². The van der Waals surface area contributed by atoms with Crippen molar-refractivity contribution in [2.24, 2.45) is 0 Å². The van der Waals surface area contributed by atoms with Crippen LogP contribution in [0.15, 0.2) is 4.47 Å². The van der Waals surface area contributed by atoms with Gasteiger partial charge in [-0.15, -0.1) is 0 Å². The highest BCUT2D eigenvalue weighted by Crippen LogP contribution is 2.22. The summed E-state index contributed by atoms with van der Waals surface area (Å²) in [4.78, 5) is 11.8. The Kier molecular flexibility index (Phi) is 4.68. The number of nitrogens with zero attached hydrogens (tertiary/aromatic N) is 2. The average Bonchev–Trinajstić information content (AvgIpc) is 2.55. The van der Waals surface area contributed by atoms with Crippen molar-refractivity contribution in [3.63, 3.8) is 0 Å². The summed E-state index contributed by atoms with van der Waals surface area (Å²) in [5.41, 5.74) is 1.84. The lowest BCUT2D eigenvalue weighted by atomic mass is 10.1. The predicted octanol–water partition coefficient (Wildman–Crippen LogP) is 2.12. The molecule has 0 aliphatic carbocycles. The second-order valence-electron chi connectivity index (χ2n) is 3.68. The van der Waals surface area contributed by atoms with E-state index in [1.54, 1.807) is 14.0 Å². The first-order valence-electron chi connectivity index (χ1n) is 5.28. The summed E-state index contributed by atoms with van der Waals surface area (Å²) in [6, 6.07) is 0. The highest BCUT2D eigenvalue weighted by atomic mass is 79.9. The van der Waals surface area contributed by atoms with Gasteiger partial charge >= 0.3 is 0 Å². The maximum absolute atomic E-state index is 11.8. The van der Waals surface area contributed by atoms with Crippen molar-refractivity contribution in [3.8, 4) is 0 Å². The zero-order chi connectivity index (χ0) is 12.3. The van der Waals surface area contributed by atoms with Gasteiger partial charge in [-0.3, -0.25) is 9.48 Å². The Morgan fingerprint density at radius 3 is 2.75 bits per heavy atom. The van der Waals surface area contributed by atoms with Gasteiger partial charge in [0.15, 0.2) is 5.78 Å². The molecule has 0 amide bonds. The summed E-state index contributed by atoms with van der Waals surface area (Å²) in [6.07, 6.45) is -0.0167. The van der Waals surface area contributed by atoms with Crippen LogP contribution in [0.5, 0.6) is 0 Å².